The fraction of sp³-hybridized carbons (Fsp3) is 0.571. The predicted octanol–water partition coefficient (Wildman–Crippen LogP) is -1.16. The number of guanidine groups is 1. The quantitative estimate of drug-likeness (QED) is 0.246. The van der Waals surface area contributed by atoms with Gasteiger partial charge in [0.2, 0.25) is 5.96 Å². The molecular weight excluding hydrogens is 182 g/mol. The van der Waals surface area contributed by atoms with E-state index in [0.29, 0.717) is 12.5 Å². The van der Waals surface area contributed by atoms with Gasteiger partial charge in [-0.3, -0.25) is 10.4 Å². The van der Waals surface area contributed by atoms with Gasteiger partial charge in [-0.25, -0.2) is 5.84 Å². The molecule has 14 heavy (non-hydrogen) atoms. The van der Waals surface area contributed by atoms with E-state index in [2.05, 4.69) is 25.9 Å². The van der Waals surface area contributed by atoms with Gasteiger partial charge in [0, 0.05) is 13.6 Å². The Bertz CT molecular complexity index is 303. The zero-order chi connectivity index (χ0) is 10.4. The third kappa shape index (κ3) is 2.43. The first-order valence-electron chi connectivity index (χ1n) is 4.35. The molecule has 1 rings (SSSR count). The van der Waals surface area contributed by atoms with Crippen molar-refractivity contribution in [3.8, 4) is 0 Å². The summed E-state index contributed by atoms with van der Waals surface area (Å²) in [5.74, 6) is 6.58. The summed E-state index contributed by atoms with van der Waals surface area (Å²) < 4.78 is 1.94. The number of hydrogen-bond acceptors (Lipinski definition) is 4. The summed E-state index contributed by atoms with van der Waals surface area (Å²) in [5, 5.41) is 10.7. The highest BCUT2D eigenvalue weighted by atomic mass is 15.3. The maximum absolute atomic E-state index is 5.21. The lowest BCUT2D eigenvalue weighted by molar-refractivity contribution is 0.672. The van der Waals surface area contributed by atoms with Crippen LogP contribution in [0.5, 0.6) is 0 Å². The second-order valence-corrected chi connectivity index (χ2v) is 2.60. The number of nitrogens with two attached hydrogens (primary N) is 1. The van der Waals surface area contributed by atoms with Gasteiger partial charge in [-0.1, -0.05) is 0 Å². The van der Waals surface area contributed by atoms with Crippen LogP contribution in [0.15, 0.2) is 11.3 Å². The summed E-state index contributed by atoms with van der Waals surface area (Å²) in [4.78, 5) is 3.87. The number of nitrogens with one attached hydrogen (secondary N) is 2. The number of aromatic nitrogens is 3. The van der Waals surface area contributed by atoms with E-state index >= 15 is 0 Å². The molecule has 1 heterocycles. The molecule has 0 fully saturated rings. The molecule has 0 atom stereocenters. The fourth-order valence-corrected chi connectivity index (χ4v) is 1.04. The molecule has 7 heteroatoms. The maximum Gasteiger partial charge on any atom is 0.205 e. The third-order valence-corrected chi connectivity index (χ3v) is 1.81. The highest BCUT2D eigenvalue weighted by molar-refractivity contribution is 5.78. The van der Waals surface area contributed by atoms with E-state index in [4.69, 9.17) is 5.84 Å². The van der Waals surface area contributed by atoms with E-state index in [1.807, 2.05) is 11.5 Å². The van der Waals surface area contributed by atoms with Crippen LogP contribution in [0.4, 0.5) is 0 Å². The van der Waals surface area contributed by atoms with Crippen LogP contribution in [0.3, 0.4) is 0 Å². The van der Waals surface area contributed by atoms with E-state index in [1.165, 1.54) is 0 Å². The second kappa shape index (κ2) is 5.18. The maximum atomic E-state index is 5.21. The van der Waals surface area contributed by atoms with Gasteiger partial charge in [0.1, 0.15) is 6.33 Å². The van der Waals surface area contributed by atoms with E-state index in [9.17, 15) is 0 Å². The number of nitrogens with zero attached hydrogens (tertiary/aromatic N) is 4. The van der Waals surface area contributed by atoms with Crippen molar-refractivity contribution in [3.05, 3.63) is 12.2 Å². The Labute approximate surface area is 82.4 Å². The van der Waals surface area contributed by atoms with Gasteiger partial charge < -0.3 is 9.88 Å². The van der Waals surface area contributed by atoms with Crippen molar-refractivity contribution in [3.63, 3.8) is 0 Å². The van der Waals surface area contributed by atoms with Crippen molar-refractivity contribution in [1.82, 2.24) is 25.5 Å². The second-order valence-electron chi connectivity index (χ2n) is 2.60. The summed E-state index contributed by atoms with van der Waals surface area (Å²) in [6.07, 6.45) is 1.69. The summed E-state index contributed by atoms with van der Waals surface area (Å²) in [6, 6.07) is 0. The monoisotopic (exact) mass is 197 g/mol. The van der Waals surface area contributed by atoms with E-state index < -0.39 is 0 Å². The lowest BCUT2D eigenvalue weighted by Crippen LogP contribution is -2.41. The standard InChI is InChI=1S/C7H15N7/c1-3-14-5-11-13-6(14)4-10-7(9-2)12-8/h5H,3-4,8H2,1-2H3,(H2,9,10,12). The Balaban J connectivity index is 2.53. The van der Waals surface area contributed by atoms with Gasteiger partial charge in [0.25, 0.3) is 0 Å². The molecule has 0 saturated heterocycles. The molecular formula is C7H15N7. The summed E-state index contributed by atoms with van der Waals surface area (Å²) in [5.41, 5.74) is 2.43. The number of aryl methyl sites for hydroxylation is 1. The average Bonchev–Trinajstić information content (AvgIpc) is 2.67. The van der Waals surface area contributed by atoms with Gasteiger partial charge in [-0.2, -0.15) is 0 Å². The van der Waals surface area contributed by atoms with Crippen LogP contribution in [-0.2, 0) is 13.1 Å². The van der Waals surface area contributed by atoms with E-state index in [-0.39, 0.29) is 0 Å². The van der Waals surface area contributed by atoms with Crippen molar-refractivity contribution in [2.45, 2.75) is 20.0 Å². The van der Waals surface area contributed by atoms with Crippen molar-refractivity contribution < 1.29 is 0 Å². The molecule has 0 aliphatic rings. The van der Waals surface area contributed by atoms with Crippen LogP contribution in [0, 0.1) is 0 Å². The minimum Gasteiger partial charge on any atom is -0.348 e. The number of rotatable bonds is 3. The van der Waals surface area contributed by atoms with Crippen molar-refractivity contribution in [2.75, 3.05) is 7.05 Å². The molecule has 1 aromatic heterocycles. The molecule has 0 radical (unpaired) electrons. The molecule has 0 bridgehead atoms. The SMILES string of the molecule is CCn1cnnc1CNC(=NC)NN. The van der Waals surface area contributed by atoms with Crippen LogP contribution < -0.4 is 16.6 Å². The zero-order valence-electron chi connectivity index (χ0n) is 8.36. The molecule has 0 spiro atoms. The lowest BCUT2D eigenvalue weighted by atomic mass is 10.5. The zero-order valence-corrected chi connectivity index (χ0v) is 8.36. The minimum absolute atomic E-state index is 0.524. The number of hydrogen-bond donors (Lipinski definition) is 3. The Morgan fingerprint density at radius 3 is 3.07 bits per heavy atom. The topological polar surface area (TPSA) is 93.1 Å². The lowest BCUT2D eigenvalue weighted by Gasteiger charge is -2.07. The van der Waals surface area contributed by atoms with Gasteiger partial charge >= 0.3 is 0 Å². The Morgan fingerprint density at radius 1 is 1.71 bits per heavy atom. The molecule has 0 aliphatic heterocycles. The van der Waals surface area contributed by atoms with Gasteiger partial charge in [0.05, 0.1) is 6.54 Å². The van der Waals surface area contributed by atoms with Crippen LogP contribution in [0.1, 0.15) is 12.7 Å². The Hall–Kier alpha value is -1.63. The first-order valence-corrected chi connectivity index (χ1v) is 4.35. The van der Waals surface area contributed by atoms with Crippen molar-refractivity contribution in [1.29, 1.82) is 0 Å². The number of aliphatic imine (C=N–C) groups is 1. The summed E-state index contributed by atoms with van der Waals surface area (Å²) in [7, 11) is 1.65. The van der Waals surface area contributed by atoms with Crippen LogP contribution in [0.25, 0.3) is 0 Å². The number of hydrazine groups is 1. The Morgan fingerprint density at radius 2 is 2.50 bits per heavy atom. The van der Waals surface area contributed by atoms with Gasteiger partial charge in [0.15, 0.2) is 5.82 Å². The van der Waals surface area contributed by atoms with Crippen LogP contribution in [0.2, 0.25) is 0 Å². The molecule has 1 aromatic rings. The fourth-order valence-electron chi connectivity index (χ4n) is 1.04. The highest BCUT2D eigenvalue weighted by Gasteiger charge is 2.02. The molecule has 7 nitrogen and oxygen atoms in total. The first kappa shape index (κ1) is 10.5. The van der Waals surface area contributed by atoms with Crippen LogP contribution in [-0.4, -0.2) is 27.8 Å². The molecule has 78 valence electrons. The minimum atomic E-state index is 0.524. The van der Waals surface area contributed by atoms with E-state index in [1.54, 1.807) is 13.4 Å². The van der Waals surface area contributed by atoms with Crippen molar-refractivity contribution >= 4 is 5.96 Å². The third-order valence-electron chi connectivity index (χ3n) is 1.81. The molecule has 0 amide bonds. The summed E-state index contributed by atoms with van der Waals surface area (Å²) in [6.45, 7) is 3.42. The first-order chi connectivity index (χ1) is 6.81. The van der Waals surface area contributed by atoms with Gasteiger partial charge in [-0.15, -0.1) is 10.2 Å². The molecule has 0 saturated carbocycles. The summed E-state index contributed by atoms with van der Waals surface area (Å²) >= 11 is 0. The highest BCUT2D eigenvalue weighted by Crippen LogP contribution is 1.93. The molecule has 0 unspecified atom stereocenters. The Kier molecular flexibility index (Phi) is 3.86. The normalized spacial score (nSPS) is 11.5. The van der Waals surface area contributed by atoms with Crippen molar-refractivity contribution in [2.24, 2.45) is 10.8 Å². The average molecular weight is 197 g/mol. The van der Waals surface area contributed by atoms with E-state index in [0.717, 1.165) is 12.4 Å². The smallest absolute Gasteiger partial charge is 0.205 e. The molecule has 4 N–H and O–H groups in total. The molecule has 0 aliphatic carbocycles. The predicted molar refractivity (Wildman–Crippen MR) is 53.2 cm³/mol. The van der Waals surface area contributed by atoms with Gasteiger partial charge in [-0.05, 0) is 6.92 Å². The largest absolute Gasteiger partial charge is 0.348 e. The molecule has 0 aromatic carbocycles. The van der Waals surface area contributed by atoms with Crippen LogP contribution >= 0.6 is 0 Å².